The highest BCUT2D eigenvalue weighted by molar-refractivity contribution is 6.34. The van der Waals surface area contributed by atoms with Gasteiger partial charge in [0.2, 0.25) is 0 Å². The van der Waals surface area contributed by atoms with Gasteiger partial charge in [-0.2, -0.15) is 0 Å². The van der Waals surface area contributed by atoms with Crippen molar-refractivity contribution >= 4 is 17.5 Å². The minimum Gasteiger partial charge on any atom is -0.497 e. The van der Waals surface area contributed by atoms with Crippen LogP contribution in [-0.2, 0) is 6.42 Å². The molecule has 2 aromatic carbocycles. The quantitative estimate of drug-likeness (QED) is 0.877. The van der Waals surface area contributed by atoms with E-state index < -0.39 is 0 Å². The first-order valence-corrected chi connectivity index (χ1v) is 6.92. The van der Waals surface area contributed by atoms with E-state index in [1.165, 1.54) is 7.11 Å². The molecule has 5 heteroatoms. The molecule has 2 aromatic rings. The van der Waals surface area contributed by atoms with Crippen molar-refractivity contribution in [2.24, 2.45) is 0 Å². The summed E-state index contributed by atoms with van der Waals surface area (Å²) < 4.78 is 5.22. The highest BCUT2D eigenvalue weighted by atomic mass is 16.5. The van der Waals surface area contributed by atoms with Crippen LogP contribution in [0.3, 0.4) is 0 Å². The lowest BCUT2D eigenvalue weighted by Crippen LogP contribution is -2.29. The summed E-state index contributed by atoms with van der Waals surface area (Å²) in [7, 11) is 1.52. The van der Waals surface area contributed by atoms with Gasteiger partial charge in [0.15, 0.2) is 0 Å². The summed E-state index contributed by atoms with van der Waals surface area (Å²) in [6.07, 6.45) is 0.424. The molecule has 22 heavy (non-hydrogen) atoms. The van der Waals surface area contributed by atoms with Crippen molar-refractivity contribution in [2.75, 3.05) is 18.6 Å². The molecule has 0 aliphatic carbocycles. The molecule has 2 amide bonds. The van der Waals surface area contributed by atoms with Gasteiger partial charge in [-0.3, -0.25) is 9.59 Å². The number of anilines is 1. The molecule has 0 unspecified atom stereocenters. The van der Waals surface area contributed by atoms with Crippen LogP contribution in [0.5, 0.6) is 5.75 Å². The Balaban J connectivity index is 2.07. The Morgan fingerprint density at radius 1 is 1.05 bits per heavy atom. The second kappa shape index (κ2) is 5.61. The van der Waals surface area contributed by atoms with Crippen LogP contribution in [0.1, 0.15) is 26.3 Å². The van der Waals surface area contributed by atoms with E-state index in [9.17, 15) is 9.59 Å². The van der Waals surface area contributed by atoms with Crippen molar-refractivity contribution in [2.45, 2.75) is 6.42 Å². The Morgan fingerprint density at radius 2 is 1.68 bits per heavy atom. The normalized spacial score (nSPS) is 13.5. The zero-order chi connectivity index (χ0) is 15.7. The second-order valence-electron chi connectivity index (χ2n) is 5.00. The highest BCUT2D eigenvalue weighted by Gasteiger charge is 2.36. The van der Waals surface area contributed by atoms with E-state index in [4.69, 9.17) is 9.84 Å². The number of hydrogen-bond donors (Lipinski definition) is 1. The third-order valence-electron chi connectivity index (χ3n) is 3.64. The topological polar surface area (TPSA) is 66.8 Å². The molecule has 0 saturated heterocycles. The lowest BCUT2D eigenvalue weighted by Gasteiger charge is -2.16. The predicted octanol–water partition coefficient (Wildman–Crippen LogP) is 2.03. The Bertz CT molecular complexity index is 719. The van der Waals surface area contributed by atoms with Gasteiger partial charge in [-0.15, -0.1) is 0 Å². The smallest absolute Gasteiger partial charge is 0.266 e. The van der Waals surface area contributed by atoms with Crippen LogP contribution in [0.2, 0.25) is 0 Å². The molecule has 0 saturated carbocycles. The summed E-state index contributed by atoms with van der Waals surface area (Å²) in [5.74, 6) is -0.148. The van der Waals surface area contributed by atoms with Gasteiger partial charge < -0.3 is 9.84 Å². The highest BCUT2D eigenvalue weighted by Crippen LogP contribution is 2.31. The fraction of sp³-hybridized carbons (Fsp3) is 0.176. The standard InChI is InChI=1S/C17H15NO4/c1-22-13-9-11(6-7-19)8-12(10-13)18-16(20)14-4-2-3-5-15(14)17(18)21/h2-5,8-10,19H,6-7H2,1H3. The van der Waals surface area contributed by atoms with Crippen molar-refractivity contribution in [3.05, 3.63) is 59.2 Å². The van der Waals surface area contributed by atoms with Gasteiger partial charge in [-0.05, 0) is 36.2 Å². The Kier molecular flexibility index (Phi) is 3.65. The minimum atomic E-state index is -0.344. The van der Waals surface area contributed by atoms with Gasteiger partial charge in [0, 0.05) is 12.7 Å². The number of imide groups is 1. The summed E-state index contributed by atoms with van der Waals surface area (Å²) in [5.41, 5.74) is 2.06. The van der Waals surface area contributed by atoms with Crippen LogP contribution in [-0.4, -0.2) is 30.6 Å². The van der Waals surface area contributed by atoms with Crippen molar-refractivity contribution < 1.29 is 19.4 Å². The molecule has 3 rings (SSSR count). The first-order chi connectivity index (χ1) is 10.7. The molecule has 1 heterocycles. The van der Waals surface area contributed by atoms with E-state index in [1.54, 1.807) is 42.5 Å². The molecular formula is C17H15NO4. The number of hydrogen-bond acceptors (Lipinski definition) is 4. The van der Waals surface area contributed by atoms with Crippen LogP contribution in [0.15, 0.2) is 42.5 Å². The van der Waals surface area contributed by atoms with E-state index in [2.05, 4.69) is 0 Å². The van der Waals surface area contributed by atoms with E-state index in [0.717, 1.165) is 10.5 Å². The van der Waals surface area contributed by atoms with E-state index in [1.807, 2.05) is 0 Å². The first kappa shape index (κ1) is 14.3. The van der Waals surface area contributed by atoms with Crippen LogP contribution in [0.4, 0.5) is 5.69 Å². The van der Waals surface area contributed by atoms with Crippen LogP contribution in [0.25, 0.3) is 0 Å². The van der Waals surface area contributed by atoms with E-state index >= 15 is 0 Å². The molecule has 1 aliphatic heterocycles. The lowest BCUT2D eigenvalue weighted by atomic mass is 10.1. The summed E-state index contributed by atoms with van der Waals surface area (Å²) in [6.45, 7) is -0.0191. The number of methoxy groups -OCH3 is 1. The third kappa shape index (κ3) is 2.25. The first-order valence-electron chi connectivity index (χ1n) is 6.92. The molecule has 0 aromatic heterocycles. The predicted molar refractivity (Wildman–Crippen MR) is 81.4 cm³/mol. The number of amides is 2. The Morgan fingerprint density at radius 3 is 2.23 bits per heavy atom. The number of ether oxygens (including phenoxy) is 1. The molecule has 0 fully saturated rings. The number of carbonyl (C=O) groups is 2. The molecular weight excluding hydrogens is 282 g/mol. The maximum Gasteiger partial charge on any atom is 0.266 e. The average molecular weight is 297 g/mol. The number of carbonyl (C=O) groups excluding carboxylic acids is 2. The molecule has 0 atom stereocenters. The Hall–Kier alpha value is -2.66. The van der Waals surface area contributed by atoms with Crippen molar-refractivity contribution in [3.63, 3.8) is 0 Å². The van der Waals surface area contributed by atoms with Gasteiger partial charge in [-0.1, -0.05) is 12.1 Å². The van der Waals surface area contributed by atoms with Crippen molar-refractivity contribution in [3.8, 4) is 5.75 Å². The van der Waals surface area contributed by atoms with Gasteiger partial charge >= 0.3 is 0 Å². The summed E-state index contributed by atoms with van der Waals surface area (Å²) in [4.78, 5) is 26.1. The molecule has 5 nitrogen and oxygen atoms in total. The summed E-state index contributed by atoms with van der Waals surface area (Å²) >= 11 is 0. The SMILES string of the molecule is COc1cc(CCO)cc(N2C(=O)c3ccccc3C2=O)c1. The zero-order valence-electron chi connectivity index (χ0n) is 12.1. The maximum atomic E-state index is 12.5. The zero-order valence-corrected chi connectivity index (χ0v) is 12.1. The van der Waals surface area contributed by atoms with E-state index in [-0.39, 0.29) is 18.4 Å². The number of rotatable bonds is 4. The van der Waals surface area contributed by atoms with Crippen LogP contribution < -0.4 is 9.64 Å². The van der Waals surface area contributed by atoms with Gasteiger partial charge in [-0.25, -0.2) is 4.90 Å². The fourth-order valence-electron chi connectivity index (χ4n) is 2.59. The molecule has 0 spiro atoms. The molecule has 0 radical (unpaired) electrons. The number of nitrogens with zero attached hydrogens (tertiary/aromatic N) is 1. The van der Waals surface area contributed by atoms with Crippen molar-refractivity contribution in [1.82, 2.24) is 0 Å². The van der Waals surface area contributed by atoms with Gasteiger partial charge in [0.05, 0.1) is 23.9 Å². The number of aliphatic hydroxyl groups is 1. The molecule has 1 N–H and O–H groups in total. The van der Waals surface area contributed by atoms with Crippen LogP contribution in [0, 0.1) is 0 Å². The Labute approximate surface area is 127 Å². The molecule has 1 aliphatic rings. The largest absolute Gasteiger partial charge is 0.497 e. The second-order valence-corrected chi connectivity index (χ2v) is 5.00. The molecule has 0 bridgehead atoms. The van der Waals surface area contributed by atoms with Gasteiger partial charge in [0.1, 0.15) is 5.75 Å². The number of fused-ring (bicyclic) bond motifs is 1. The van der Waals surface area contributed by atoms with Crippen LogP contribution >= 0.6 is 0 Å². The van der Waals surface area contributed by atoms with Gasteiger partial charge in [0.25, 0.3) is 11.8 Å². The number of benzene rings is 2. The fourth-order valence-corrected chi connectivity index (χ4v) is 2.59. The van der Waals surface area contributed by atoms with Crippen molar-refractivity contribution in [1.29, 1.82) is 0 Å². The minimum absolute atomic E-state index is 0.0191. The summed E-state index contributed by atoms with van der Waals surface area (Å²) in [6, 6.07) is 11.9. The summed E-state index contributed by atoms with van der Waals surface area (Å²) in [5, 5.41) is 9.10. The maximum absolute atomic E-state index is 12.5. The van der Waals surface area contributed by atoms with E-state index in [0.29, 0.717) is 29.0 Å². The number of aliphatic hydroxyl groups excluding tert-OH is 1. The monoisotopic (exact) mass is 297 g/mol. The third-order valence-corrected chi connectivity index (χ3v) is 3.64. The average Bonchev–Trinajstić information content (AvgIpc) is 2.79. The molecule has 112 valence electrons. The lowest BCUT2D eigenvalue weighted by molar-refractivity contribution is 0.0926.